The molecule has 2 aliphatic heterocycles. The molecule has 0 saturated carbocycles. The maximum absolute atomic E-state index is 14.0. The average molecular weight is 381 g/mol. The number of benzene rings is 2. The maximum atomic E-state index is 14.0. The van der Waals surface area contributed by atoms with Gasteiger partial charge in [-0.15, -0.1) is 0 Å². The highest BCUT2D eigenvalue weighted by Crippen LogP contribution is 2.28. The molecule has 1 atom stereocenters. The Labute approximate surface area is 164 Å². The molecule has 2 aromatic carbocycles. The van der Waals surface area contributed by atoms with Gasteiger partial charge in [0.05, 0.1) is 23.8 Å². The molecule has 2 fully saturated rings. The smallest absolute Gasteiger partial charge is 0.251 e. The summed E-state index contributed by atoms with van der Waals surface area (Å²) >= 11 is 0. The third-order valence-corrected chi connectivity index (χ3v) is 5.82. The molecule has 2 aliphatic rings. The molecule has 4 rings (SSSR count). The quantitative estimate of drug-likeness (QED) is 0.767. The number of imide groups is 1. The molecule has 28 heavy (non-hydrogen) atoms. The van der Waals surface area contributed by atoms with E-state index in [2.05, 4.69) is 4.90 Å². The van der Waals surface area contributed by atoms with Crippen molar-refractivity contribution in [3.63, 3.8) is 0 Å². The van der Waals surface area contributed by atoms with E-state index >= 15 is 0 Å². The minimum Gasteiger partial charge on any atom is -0.367 e. The zero-order valence-corrected chi connectivity index (χ0v) is 16.2. The van der Waals surface area contributed by atoms with E-state index in [0.717, 1.165) is 11.1 Å². The number of aryl methyl sites for hydroxylation is 2. The zero-order chi connectivity index (χ0) is 19.8. The van der Waals surface area contributed by atoms with Gasteiger partial charge in [-0.05, 0) is 49.2 Å². The lowest BCUT2D eigenvalue weighted by molar-refractivity contribution is -0.123. The zero-order valence-electron chi connectivity index (χ0n) is 16.2. The van der Waals surface area contributed by atoms with E-state index in [4.69, 9.17) is 0 Å². The summed E-state index contributed by atoms with van der Waals surface area (Å²) in [7, 11) is 0. The Bertz CT molecular complexity index is 922. The molecular weight excluding hydrogens is 357 g/mol. The van der Waals surface area contributed by atoms with Crippen LogP contribution < -0.4 is 9.80 Å². The predicted molar refractivity (Wildman–Crippen MR) is 107 cm³/mol. The molecule has 5 nitrogen and oxygen atoms in total. The Morgan fingerprint density at radius 1 is 0.929 bits per heavy atom. The molecule has 0 N–H and O–H groups in total. The van der Waals surface area contributed by atoms with Gasteiger partial charge in [0.15, 0.2) is 0 Å². The van der Waals surface area contributed by atoms with E-state index in [1.807, 2.05) is 43.0 Å². The van der Waals surface area contributed by atoms with Crippen molar-refractivity contribution >= 4 is 23.2 Å². The molecule has 1 unspecified atom stereocenters. The number of hydrogen-bond acceptors (Lipinski definition) is 4. The van der Waals surface area contributed by atoms with Crippen molar-refractivity contribution in [2.75, 3.05) is 36.0 Å². The van der Waals surface area contributed by atoms with Crippen molar-refractivity contribution in [2.24, 2.45) is 0 Å². The van der Waals surface area contributed by atoms with Crippen LogP contribution in [0.1, 0.15) is 17.5 Å². The lowest BCUT2D eigenvalue weighted by Crippen LogP contribution is -2.52. The SMILES string of the molecule is Cc1ccc(N2C(=O)CC(N3CCN(c4ccccc4F)CC3)C2=O)cc1C. The highest BCUT2D eigenvalue weighted by atomic mass is 19.1. The van der Waals surface area contributed by atoms with Crippen LogP contribution in [0.15, 0.2) is 42.5 Å². The number of anilines is 2. The Balaban J connectivity index is 1.46. The van der Waals surface area contributed by atoms with Gasteiger partial charge in [0, 0.05) is 26.2 Å². The van der Waals surface area contributed by atoms with Crippen LogP contribution in [0.4, 0.5) is 15.8 Å². The summed E-state index contributed by atoms with van der Waals surface area (Å²) in [6, 6.07) is 12.0. The van der Waals surface area contributed by atoms with E-state index in [-0.39, 0.29) is 24.1 Å². The highest BCUT2D eigenvalue weighted by molar-refractivity contribution is 6.22. The summed E-state index contributed by atoms with van der Waals surface area (Å²) in [5.41, 5.74) is 3.42. The first-order valence-corrected chi connectivity index (χ1v) is 9.63. The number of hydrogen-bond donors (Lipinski definition) is 0. The first-order chi connectivity index (χ1) is 13.5. The fourth-order valence-corrected chi connectivity index (χ4v) is 4.02. The number of rotatable bonds is 3. The molecule has 0 spiro atoms. The van der Waals surface area contributed by atoms with Crippen LogP contribution in [0.5, 0.6) is 0 Å². The molecule has 146 valence electrons. The standard InChI is InChI=1S/C22H24FN3O2/c1-15-7-8-17(13-16(15)2)26-21(27)14-20(22(26)28)25-11-9-24(10-12-25)19-6-4-3-5-18(19)23/h3-8,13,20H,9-12,14H2,1-2H3. The maximum Gasteiger partial charge on any atom is 0.251 e. The van der Waals surface area contributed by atoms with Gasteiger partial charge < -0.3 is 4.90 Å². The summed E-state index contributed by atoms with van der Waals surface area (Å²) < 4.78 is 14.0. The van der Waals surface area contributed by atoms with Crippen molar-refractivity contribution in [1.29, 1.82) is 0 Å². The molecule has 0 aromatic heterocycles. The predicted octanol–water partition coefficient (Wildman–Crippen LogP) is 2.90. The van der Waals surface area contributed by atoms with Crippen LogP contribution in [0.2, 0.25) is 0 Å². The second kappa shape index (κ2) is 7.36. The molecule has 0 aliphatic carbocycles. The minimum absolute atomic E-state index is 0.158. The summed E-state index contributed by atoms with van der Waals surface area (Å²) in [5.74, 6) is -0.550. The second-order valence-electron chi connectivity index (χ2n) is 7.53. The Morgan fingerprint density at radius 2 is 1.64 bits per heavy atom. The number of carbonyl (C=O) groups excluding carboxylic acids is 2. The molecule has 0 bridgehead atoms. The van der Waals surface area contributed by atoms with E-state index in [0.29, 0.717) is 37.6 Å². The fraction of sp³-hybridized carbons (Fsp3) is 0.364. The lowest BCUT2D eigenvalue weighted by atomic mass is 10.1. The van der Waals surface area contributed by atoms with Gasteiger partial charge in [-0.1, -0.05) is 18.2 Å². The van der Waals surface area contributed by atoms with Gasteiger partial charge in [-0.25, -0.2) is 9.29 Å². The Hall–Kier alpha value is -2.73. The van der Waals surface area contributed by atoms with Crippen molar-refractivity contribution in [3.05, 3.63) is 59.4 Å². The van der Waals surface area contributed by atoms with Crippen LogP contribution >= 0.6 is 0 Å². The van der Waals surface area contributed by atoms with Crippen LogP contribution in [0.25, 0.3) is 0 Å². The topological polar surface area (TPSA) is 43.9 Å². The first-order valence-electron chi connectivity index (χ1n) is 9.63. The van der Waals surface area contributed by atoms with Crippen LogP contribution in [-0.4, -0.2) is 48.9 Å². The van der Waals surface area contributed by atoms with Gasteiger partial charge in [-0.2, -0.15) is 0 Å². The van der Waals surface area contributed by atoms with Crippen molar-refractivity contribution in [1.82, 2.24) is 4.90 Å². The molecule has 2 aromatic rings. The fourth-order valence-electron chi connectivity index (χ4n) is 4.02. The summed E-state index contributed by atoms with van der Waals surface area (Å²) in [6.07, 6.45) is 0.200. The largest absolute Gasteiger partial charge is 0.367 e. The van der Waals surface area contributed by atoms with E-state index < -0.39 is 6.04 Å². The number of piperazine rings is 1. The van der Waals surface area contributed by atoms with Crippen LogP contribution in [-0.2, 0) is 9.59 Å². The van der Waals surface area contributed by atoms with Crippen molar-refractivity contribution in [3.8, 4) is 0 Å². The molecule has 0 radical (unpaired) electrons. The average Bonchev–Trinajstić information content (AvgIpc) is 2.99. The molecular formula is C22H24FN3O2. The monoisotopic (exact) mass is 381 g/mol. The number of para-hydroxylation sites is 1. The third-order valence-electron chi connectivity index (χ3n) is 5.82. The van der Waals surface area contributed by atoms with Gasteiger partial charge in [0.2, 0.25) is 5.91 Å². The normalized spacial score (nSPS) is 20.9. The van der Waals surface area contributed by atoms with Crippen molar-refractivity contribution in [2.45, 2.75) is 26.3 Å². The van der Waals surface area contributed by atoms with Crippen LogP contribution in [0.3, 0.4) is 0 Å². The molecule has 6 heteroatoms. The van der Waals surface area contributed by atoms with Crippen LogP contribution in [0, 0.1) is 19.7 Å². The van der Waals surface area contributed by atoms with Crippen molar-refractivity contribution < 1.29 is 14.0 Å². The summed E-state index contributed by atoms with van der Waals surface area (Å²) in [6.45, 7) is 6.48. The minimum atomic E-state index is -0.433. The second-order valence-corrected chi connectivity index (χ2v) is 7.53. The van der Waals surface area contributed by atoms with E-state index in [1.54, 1.807) is 12.1 Å². The lowest BCUT2D eigenvalue weighted by Gasteiger charge is -2.38. The first kappa shape index (κ1) is 18.6. The molecule has 2 saturated heterocycles. The summed E-state index contributed by atoms with van der Waals surface area (Å²) in [4.78, 5) is 31.0. The van der Waals surface area contributed by atoms with Gasteiger partial charge >= 0.3 is 0 Å². The molecule has 2 heterocycles. The summed E-state index contributed by atoms with van der Waals surface area (Å²) in [5, 5.41) is 0. The number of carbonyl (C=O) groups is 2. The van der Waals surface area contributed by atoms with Gasteiger partial charge in [0.25, 0.3) is 5.91 Å². The Morgan fingerprint density at radius 3 is 2.32 bits per heavy atom. The highest BCUT2D eigenvalue weighted by Gasteiger charge is 2.43. The number of nitrogens with zero attached hydrogens (tertiary/aromatic N) is 3. The van der Waals surface area contributed by atoms with E-state index in [1.165, 1.54) is 11.0 Å². The number of halogens is 1. The Kier molecular flexibility index (Phi) is 4.89. The third kappa shape index (κ3) is 3.29. The van der Waals surface area contributed by atoms with Gasteiger partial charge in [-0.3, -0.25) is 14.5 Å². The molecule has 2 amide bonds. The van der Waals surface area contributed by atoms with Gasteiger partial charge in [0.1, 0.15) is 5.82 Å². The van der Waals surface area contributed by atoms with E-state index in [9.17, 15) is 14.0 Å². The number of amides is 2.